The summed E-state index contributed by atoms with van der Waals surface area (Å²) in [7, 11) is 3.47. The molecule has 98 valence electrons. The average Bonchev–Trinajstić information content (AvgIpc) is 2.39. The Morgan fingerprint density at radius 3 is 2.56 bits per heavy atom. The second-order valence-corrected chi connectivity index (χ2v) is 4.85. The summed E-state index contributed by atoms with van der Waals surface area (Å²) in [5.41, 5.74) is 1.45. The number of halogens is 1. The SMILES string of the molecule is COC(=O)c1cc(N2CCN(C)CC2)ccc1Cl. The summed E-state index contributed by atoms with van der Waals surface area (Å²) in [5, 5.41) is 0.430. The first kappa shape index (κ1) is 13.2. The first-order valence-electron chi connectivity index (χ1n) is 5.93. The second-order valence-electron chi connectivity index (χ2n) is 4.45. The van der Waals surface area contributed by atoms with Gasteiger partial charge in [-0.2, -0.15) is 0 Å². The monoisotopic (exact) mass is 268 g/mol. The average molecular weight is 269 g/mol. The van der Waals surface area contributed by atoms with Gasteiger partial charge in [-0.3, -0.25) is 0 Å². The molecule has 0 aliphatic carbocycles. The van der Waals surface area contributed by atoms with Crippen LogP contribution in [0.3, 0.4) is 0 Å². The fourth-order valence-corrected chi connectivity index (χ4v) is 2.24. The standard InChI is InChI=1S/C13H17ClN2O2/c1-15-5-7-16(8-6-15)10-3-4-12(14)11(9-10)13(17)18-2/h3-4,9H,5-8H2,1-2H3. The number of hydrogen-bond donors (Lipinski definition) is 0. The number of anilines is 1. The molecule has 5 heteroatoms. The lowest BCUT2D eigenvalue weighted by Gasteiger charge is -2.34. The number of methoxy groups -OCH3 is 1. The molecule has 1 heterocycles. The van der Waals surface area contributed by atoms with Crippen molar-refractivity contribution in [3.8, 4) is 0 Å². The number of esters is 1. The Morgan fingerprint density at radius 1 is 1.28 bits per heavy atom. The summed E-state index contributed by atoms with van der Waals surface area (Å²) in [4.78, 5) is 16.1. The van der Waals surface area contributed by atoms with E-state index in [0.717, 1.165) is 31.9 Å². The summed E-state index contributed by atoms with van der Waals surface area (Å²) in [6, 6.07) is 5.50. The molecular weight excluding hydrogens is 252 g/mol. The van der Waals surface area contributed by atoms with Crippen molar-refractivity contribution < 1.29 is 9.53 Å². The number of carbonyl (C=O) groups is 1. The fraction of sp³-hybridized carbons (Fsp3) is 0.462. The van der Waals surface area contributed by atoms with Crippen molar-refractivity contribution in [3.63, 3.8) is 0 Å². The highest BCUT2D eigenvalue weighted by molar-refractivity contribution is 6.33. The smallest absolute Gasteiger partial charge is 0.339 e. The molecule has 0 atom stereocenters. The zero-order valence-corrected chi connectivity index (χ0v) is 11.4. The number of ether oxygens (including phenoxy) is 1. The highest BCUT2D eigenvalue weighted by atomic mass is 35.5. The molecule has 18 heavy (non-hydrogen) atoms. The fourth-order valence-electron chi connectivity index (χ4n) is 2.04. The van der Waals surface area contributed by atoms with Gasteiger partial charge in [-0.05, 0) is 25.2 Å². The van der Waals surface area contributed by atoms with E-state index in [1.165, 1.54) is 7.11 Å². The molecule has 1 aromatic carbocycles. The van der Waals surface area contributed by atoms with E-state index in [4.69, 9.17) is 16.3 Å². The van der Waals surface area contributed by atoms with Crippen molar-refractivity contribution in [1.29, 1.82) is 0 Å². The van der Waals surface area contributed by atoms with Crippen LogP contribution in [0.15, 0.2) is 18.2 Å². The molecule has 0 unspecified atom stereocenters. The van der Waals surface area contributed by atoms with E-state index in [9.17, 15) is 4.79 Å². The topological polar surface area (TPSA) is 32.8 Å². The van der Waals surface area contributed by atoms with Crippen LogP contribution in [0, 0.1) is 0 Å². The third kappa shape index (κ3) is 2.76. The first-order valence-corrected chi connectivity index (χ1v) is 6.31. The van der Waals surface area contributed by atoms with E-state index < -0.39 is 5.97 Å². The van der Waals surface area contributed by atoms with E-state index in [-0.39, 0.29) is 0 Å². The molecule has 0 N–H and O–H groups in total. The highest BCUT2D eigenvalue weighted by Gasteiger charge is 2.17. The minimum Gasteiger partial charge on any atom is -0.465 e. The van der Waals surface area contributed by atoms with Gasteiger partial charge in [0.15, 0.2) is 0 Å². The van der Waals surface area contributed by atoms with Gasteiger partial charge in [-0.25, -0.2) is 4.79 Å². The Kier molecular flexibility index (Phi) is 4.09. The largest absolute Gasteiger partial charge is 0.465 e. The van der Waals surface area contributed by atoms with E-state index in [2.05, 4.69) is 16.8 Å². The number of hydrogen-bond acceptors (Lipinski definition) is 4. The van der Waals surface area contributed by atoms with Crippen LogP contribution in [0.1, 0.15) is 10.4 Å². The van der Waals surface area contributed by atoms with Crippen LogP contribution in [0.5, 0.6) is 0 Å². The molecule has 0 saturated carbocycles. The molecule has 1 aliphatic rings. The molecule has 0 bridgehead atoms. The van der Waals surface area contributed by atoms with Crippen molar-refractivity contribution in [2.75, 3.05) is 45.2 Å². The molecule has 0 amide bonds. The molecule has 0 radical (unpaired) electrons. The van der Waals surface area contributed by atoms with Crippen LogP contribution in [0.2, 0.25) is 5.02 Å². The van der Waals surface area contributed by atoms with E-state index in [1.807, 2.05) is 6.07 Å². The second kappa shape index (κ2) is 5.59. The minimum atomic E-state index is -0.393. The van der Waals surface area contributed by atoms with Crippen LogP contribution in [-0.4, -0.2) is 51.2 Å². The van der Waals surface area contributed by atoms with Gasteiger partial charge >= 0.3 is 5.97 Å². The summed E-state index contributed by atoms with van der Waals surface area (Å²) < 4.78 is 4.73. The summed E-state index contributed by atoms with van der Waals surface area (Å²) in [6.07, 6.45) is 0. The Balaban J connectivity index is 2.21. The number of benzene rings is 1. The zero-order chi connectivity index (χ0) is 13.1. The number of piperazine rings is 1. The number of carbonyl (C=O) groups excluding carboxylic acids is 1. The van der Waals surface area contributed by atoms with Gasteiger partial charge in [0.05, 0.1) is 17.7 Å². The molecule has 1 aromatic rings. The Bertz CT molecular complexity index is 443. The molecule has 1 fully saturated rings. The normalized spacial score (nSPS) is 16.7. The number of likely N-dealkylation sites (N-methyl/N-ethyl adjacent to an activating group) is 1. The third-order valence-electron chi connectivity index (χ3n) is 3.22. The number of rotatable bonds is 2. The van der Waals surface area contributed by atoms with Crippen molar-refractivity contribution in [3.05, 3.63) is 28.8 Å². The van der Waals surface area contributed by atoms with Crippen LogP contribution >= 0.6 is 11.6 Å². The quantitative estimate of drug-likeness (QED) is 0.767. The molecule has 4 nitrogen and oxygen atoms in total. The van der Waals surface area contributed by atoms with E-state index in [1.54, 1.807) is 12.1 Å². The van der Waals surface area contributed by atoms with Crippen molar-refractivity contribution in [1.82, 2.24) is 4.90 Å². The maximum atomic E-state index is 11.6. The van der Waals surface area contributed by atoms with Gasteiger partial charge in [0, 0.05) is 31.9 Å². The highest BCUT2D eigenvalue weighted by Crippen LogP contribution is 2.24. The third-order valence-corrected chi connectivity index (χ3v) is 3.55. The van der Waals surface area contributed by atoms with Crippen LogP contribution in [0.4, 0.5) is 5.69 Å². The Hall–Kier alpha value is -1.26. The molecule has 0 spiro atoms. The van der Waals surface area contributed by atoms with Crippen molar-refractivity contribution in [2.45, 2.75) is 0 Å². The van der Waals surface area contributed by atoms with Crippen LogP contribution < -0.4 is 4.90 Å². The van der Waals surface area contributed by atoms with Gasteiger partial charge in [-0.1, -0.05) is 11.6 Å². The predicted octanol–water partition coefficient (Wildman–Crippen LogP) is 1.88. The van der Waals surface area contributed by atoms with Gasteiger partial charge in [0.1, 0.15) is 0 Å². The Labute approximate surface area is 112 Å². The van der Waals surface area contributed by atoms with Crippen molar-refractivity contribution >= 4 is 23.3 Å². The van der Waals surface area contributed by atoms with E-state index >= 15 is 0 Å². The van der Waals surface area contributed by atoms with Gasteiger partial charge in [-0.15, -0.1) is 0 Å². The molecule has 2 rings (SSSR count). The van der Waals surface area contributed by atoms with Crippen LogP contribution in [-0.2, 0) is 4.74 Å². The predicted molar refractivity (Wildman–Crippen MR) is 72.5 cm³/mol. The molecular formula is C13H17ClN2O2. The van der Waals surface area contributed by atoms with Gasteiger partial charge in [0.25, 0.3) is 0 Å². The lowest BCUT2D eigenvalue weighted by Crippen LogP contribution is -2.44. The van der Waals surface area contributed by atoms with E-state index in [0.29, 0.717) is 10.6 Å². The lowest BCUT2D eigenvalue weighted by atomic mass is 10.1. The number of nitrogens with zero attached hydrogens (tertiary/aromatic N) is 2. The molecule has 1 saturated heterocycles. The van der Waals surface area contributed by atoms with Crippen LogP contribution in [0.25, 0.3) is 0 Å². The van der Waals surface area contributed by atoms with Gasteiger partial charge < -0.3 is 14.5 Å². The van der Waals surface area contributed by atoms with Gasteiger partial charge in [0.2, 0.25) is 0 Å². The Morgan fingerprint density at radius 2 is 1.94 bits per heavy atom. The summed E-state index contributed by atoms with van der Waals surface area (Å²) >= 11 is 6.00. The maximum Gasteiger partial charge on any atom is 0.339 e. The summed E-state index contributed by atoms with van der Waals surface area (Å²) in [5.74, 6) is -0.393. The lowest BCUT2D eigenvalue weighted by molar-refractivity contribution is 0.0601. The molecule has 0 aromatic heterocycles. The first-order chi connectivity index (χ1) is 8.61. The zero-order valence-electron chi connectivity index (χ0n) is 10.6. The molecule has 1 aliphatic heterocycles. The van der Waals surface area contributed by atoms with Crippen molar-refractivity contribution in [2.24, 2.45) is 0 Å². The maximum absolute atomic E-state index is 11.6. The summed E-state index contributed by atoms with van der Waals surface area (Å²) in [6.45, 7) is 3.96. The minimum absolute atomic E-state index is 0.393.